The van der Waals surface area contributed by atoms with Crippen LogP contribution in [0.1, 0.15) is 149 Å². The van der Waals surface area contributed by atoms with E-state index in [9.17, 15) is 5.26 Å². The Morgan fingerprint density at radius 3 is 1.57 bits per heavy atom. The van der Waals surface area contributed by atoms with Gasteiger partial charge in [-0.15, -0.1) is 0 Å². The smallest absolute Gasteiger partial charge is 0.170 e. The molecule has 1 aromatic carbocycles. The fourth-order valence-corrected chi connectivity index (χ4v) is 7.05. The van der Waals surface area contributed by atoms with Gasteiger partial charge >= 0.3 is 0 Å². The molecule has 268 valence electrons. The van der Waals surface area contributed by atoms with Crippen molar-refractivity contribution in [2.24, 2.45) is 0 Å². The number of nitriles is 1. The average Bonchev–Trinajstić information content (AvgIpc) is 3.06. The monoisotopic (exact) mass is 685 g/mol. The molecule has 0 heterocycles. The summed E-state index contributed by atoms with van der Waals surface area (Å²) >= 11 is 0. The Morgan fingerprint density at radius 1 is 0.630 bits per heavy atom. The maximum atomic E-state index is 9.33. The second-order valence-electron chi connectivity index (χ2n) is 11.4. The first-order valence-electron chi connectivity index (χ1n) is 18.4. The third kappa shape index (κ3) is 29.2. The molecule has 0 spiro atoms. The van der Waals surface area contributed by atoms with Crippen LogP contribution in [0, 0.1) is 11.3 Å². The zero-order chi connectivity index (χ0) is 33.8. The molecule has 0 saturated heterocycles. The summed E-state index contributed by atoms with van der Waals surface area (Å²) < 4.78 is 28.9. The quantitative estimate of drug-likeness (QED) is 0.0596. The number of aliphatic hydroxyl groups is 1. The maximum Gasteiger partial charge on any atom is 0.170 e. The van der Waals surface area contributed by atoms with Crippen LogP contribution < -0.4 is 9.47 Å². The van der Waals surface area contributed by atoms with Gasteiger partial charge in [-0.3, -0.25) is 0 Å². The molecule has 0 radical (unpaired) electrons. The zero-order valence-corrected chi connectivity index (χ0v) is 31.9. The van der Waals surface area contributed by atoms with Gasteiger partial charge in [-0.25, -0.2) is 0 Å². The fourth-order valence-electron chi connectivity index (χ4n) is 4.92. The summed E-state index contributed by atoms with van der Waals surface area (Å²) in [5.74, 6) is 1.47. The van der Waals surface area contributed by atoms with Gasteiger partial charge in [0.2, 0.25) is 0 Å². The second kappa shape index (κ2) is 36.8. The van der Waals surface area contributed by atoms with Crippen molar-refractivity contribution >= 4 is 17.2 Å². The summed E-state index contributed by atoms with van der Waals surface area (Å²) in [4.78, 5) is 0. The van der Waals surface area contributed by atoms with E-state index in [0.717, 1.165) is 44.6 Å². The van der Waals surface area contributed by atoms with E-state index in [2.05, 4.69) is 13.0 Å². The van der Waals surface area contributed by atoms with Crippen LogP contribution in [0.5, 0.6) is 11.5 Å². The van der Waals surface area contributed by atoms with E-state index in [4.69, 9.17) is 28.2 Å². The van der Waals surface area contributed by atoms with Gasteiger partial charge in [0.05, 0.1) is 38.1 Å². The van der Waals surface area contributed by atoms with Gasteiger partial charge in [0.15, 0.2) is 19.9 Å². The Morgan fingerprint density at radius 2 is 1.09 bits per heavy atom. The van der Waals surface area contributed by atoms with Crippen LogP contribution in [0.3, 0.4) is 0 Å². The van der Waals surface area contributed by atoms with Gasteiger partial charge in [-0.05, 0) is 71.7 Å². The van der Waals surface area contributed by atoms with Crippen LogP contribution in [0.2, 0.25) is 0 Å². The van der Waals surface area contributed by atoms with Crippen LogP contribution in [0.15, 0.2) is 18.2 Å². The molecule has 0 aliphatic rings. The Bertz CT molecular complexity index is 805. The van der Waals surface area contributed by atoms with Gasteiger partial charge in [0.1, 0.15) is 0 Å². The molecule has 0 saturated carbocycles. The van der Waals surface area contributed by atoms with E-state index in [0.29, 0.717) is 33.3 Å². The molecule has 0 aliphatic carbocycles. The molecule has 46 heavy (non-hydrogen) atoms. The van der Waals surface area contributed by atoms with Crippen molar-refractivity contribution in [1.29, 1.82) is 5.26 Å². The molecule has 1 N–H and O–H groups in total. The highest BCUT2D eigenvalue weighted by Gasteiger charge is 2.09. The summed E-state index contributed by atoms with van der Waals surface area (Å²) in [6.07, 6.45) is 25.0. The minimum absolute atomic E-state index is 0.250. The maximum absolute atomic E-state index is 9.33. The molecule has 0 bridgehead atoms. The zero-order valence-electron chi connectivity index (χ0n) is 30.0. The molecule has 7 nitrogen and oxygen atoms in total. The molecule has 1 rings (SSSR count). The molecule has 0 amide bonds. The van der Waals surface area contributed by atoms with Crippen LogP contribution in [0.4, 0.5) is 0 Å². The molecule has 1 atom stereocenters. The first-order chi connectivity index (χ1) is 22.7. The normalized spacial score (nSPS) is 11.2. The van der Waals surface area contributed by atoms with Crippen molar-refractivity contribution in [2.75, 3.05) is 52.0 Å². The predicted octanol–water partition coefficient (Wildman–Crippen LogP) is 11.4. The standard InChI is InChI=1S/C35H63NO5P2.C2H6O/c1-4-39-42-29-23-19-15-11-7-9-13-17-21-27-37-34-26-25-33(32-36)31-35(34)38-28-22-18-14-10-8-12-16-20-24-30-43(40-5-2)41-6-3;1-2-3/h25-26,31,42H,4-24,27-30H2,1-3H3;3H,2H2,1H3. The molecular formula is C37H69NO6P2. The number of rotatable bonds is 32. The van der Waals surface area contributed by atoms with Gasteiger partial charge in [0.25, 0.3) is 0 Å². The van der Waals surface area contributed by atoms with Crippen LogP contribution in [-0.4, -0.2) is 57.1 Å². The van der Waals surface area contributed by atoms with E-state index in [-0.39, 0.29) is 6.61 Å². The van der Waals surface area contributed by atoms with Gasteiger partial charge in [-0.1, -0.05) is 89.9 Å². The number of nitrogens with zero attached hydrogens (tertiary/aromatic N) is 1. The molecule has 0 aromatic heterocycles. The topological polar surface area (TPSA) is 90.2 Å². The molecular weight excluding hydrogens is 616 g/mol. The van der Waals surface area contributed by atoms with Crippen LogP contribution in [-0.2, 0) is 13.6 Å². The predicted molar refractivity (Wildman–Crippen MR) is 198 cm³/mol. The van der Waals surface area contributed by atoms with Crippen molar-refractivity contribution in [3.05, 3.63) is 23.8 Å². The Labute approximate surface area is 286 Å². The lowest BCUT2D eigenvalue weighted by atomic mass is 10.1. The highest BCUT2D eigenvalue weighted by molar-refractivity contribution is 7.47. The minimum Gasteiger partial charge on any atom is -0.490 e. The third-order valence-corrected chi connectivity index (χ3v) is 10.1. The second-order valence-corrected chi connectivity index (χ2v) is 14.1. The summed E-state index contributed by atoms with van der Waals surface area (Å²) in [6, 6.07) is 7.74. The van der Waals surface area contributed by atoms with Crippen LogP contribution >= 0.6 is 17.2 Å². The third-order valence-electron chi connectivity index (χ3n) is 7.29. The van der Waals surface area contributed by atoms with Gasteiger partial charge < -0.3 is 28.2 Å². The number of aliphatic hydroxyl groups excluding tert-OH is 1. The van der Waals surface area contributed by atoms with Crippen molar-refractivity contribution in [3.63, 3.8) is 0 Å². The molecule has 1 aromatic rings. The SMILES string of the molecule is CCO.CCOPCCCCCCCCCCCOc1ccc(C#N)cc1OCCCCCCCCCCCP(OCC)OCC. The lowest BCUT2D eigenvalue weighted by molar-refractivity contribution is 0.258. The van der Waals surface area contributed by atoms with E-state index in [1.54, 1.807) is 6.92 Å². The highest BCUT2D eigenvalue weighted by atomic mass is 31.2. The summed E-state index contributed by atoms with van der Waals surface area (Å²) in [6.45, 7) is 11.8. The van der Waals surface area contributed by atoms with Crippen molar-refractivity contribution in [3.8, 4) is 17.6 Å². The number of ether oxygens (including phenoxy) is 2. The largest absolute Gasteiger partial charge is 0.490 e. The summed E-state index contributed by atoms with van der Waals surface area (Å²) in [5.41, 5.74) is 0.615. The van der Waals surface area contributed by atoms with Crippen LogP contribution in [0.25, 0.3) is 0 Å². The first-order valence-corrected chi connectivity index (χ1v) is 20.9. The first kappa shape index (κ1) is 45.0. The van der Waals surface area contributed by atoms with Crippen molar-refractivity contribution in [2.45, 2.75) is 143 Å². The summed E-state index contributed by atoms with van der Waals surface area (Å²) in [5, 5.41) is 16.9. The van der Waals surface area contributed by atoms with Crippen molar-refractivity contribution < 1.29 is 28.2 Å². The molecule has 9 heteroatoms. The molecule has 0 fully saturated rings. The number of benzene rings is 1. The number of unbranched alkanes of at least 4 members (excludes halogenated alkanes) is 16. The lowest BCUT2D eigenvalue weighted by Gasteiger charge is -2.15. The van der Waals surface area contributed by atoms with Crippen molar-refractivity contribution in [1.82, 2.24) is 0 Å². The summed E-state index contributed by atoms with van der Waals surface area (Å²) in [7, 11) is 0.0231. The lowest BCUT2D eigenvalue weighted by Crippen LogP contribution is -2.03. The van der Waals surface area contributed by atoms with E-state index in [1.807, 2.05) is 32.0 Å². The molecule has 1 unspecified atom stereocenters. The van der Waals surface area contributed by atoms with E-state index >= 15 is 0 Å². The van der Waals surface area contributed by atoms with Gasteiger partial charge in [-0.2, -0.15) is 5.26 Å². The Kier molecular flexibility index (Phi) is 36.0. The number of hydrogen-bond donors (Lipinski definition) is 1. The average molecular weight is 686 g/mol. The fraction of sp³-hybridized carbons (Fsp3) is 0.811. The van der Waals surface area contributed by atoms with Gasteiger partial charge in [0, 0.05) is 34.2 Å². The minimum atomic E-state index is -0.668. The molecule has 0 aliphatic heterocycles. The Hall–Kier alpha value is -0.990. The highest BCUT2D eigenvalue weighted by Crippen LogP contribution is 2.39. The number of hydrogen-bond acceptors (Lipinski definition) is 7. The van der Waals surface area contributed by atoms with E-state index < -0.39 is 8.38 Å². The van der Waals surface area contributed by atoms with E-state index in [1.165, 1.54) is 109 Å². The Balaban J connectivity index is 0.00000647.